The highest BCUT2D eigenvalue weighted by Crippen LogP contribution is 2.27. The molecule has 0 aliphatic carbocycles. The molecule has 0 spiro atoms. The van der Waals surface area contributed by atoms with Gasteiger partial charge < -0.3 is 4.57 Å². The van der Waals surface area contributed by atoms with E-state index in [4.69, 9.17) is 0 Å². The van der Waals surface area contributed by atoms with Crippen molar-refractivity contribution in [1.82, 2.24) is 13.3 Å². The van der Waals surface area contributed by atoms with Crippen molar-refractivity contribution < 1.29 is 12.6 Å². The fourth-order valence-corrected chi connectivity index (χ4v) is 6.73. The van der Waals surface area contributed by atoms with Gasteiger partial charge in [-0.15, -0.1) is 3.71 Å². The largest absolute Gasteiger partial charge is 0.344 e. The second-order valence-electron chi connectivity index (χ2n) is 6.65. The normalized spacial score (nSPS) is 14.4. The van der Waals surface area contributed by atoms with Gasteiger partial charge in [-0.2, -0.15) is 0 Å². The van der Waals surface area contributed by atoms with Crippen molar-refractivity contribution in [2.45, 2.75) is 20.4 Å². The van der Waals surface area contributed by atoms with Crippen molar-refractivity contribution in [3.63, 3.8) is 0 Å². The van der Waals surface area contributed by atoms with Crippen LogP contribution in [0, 0.1) is 0 Å². The van der Waals surface area contributed by atoms with Gasteiger partial charge in [0.2, 0.25) is 10.0 Å². The summed E-state index contributed by atoms with van der Waals surface area (Å²) in [6.45, 7) is 3.20. The molecular formula is C20H25N3O3S2. The zero-order chi connectivity index (χ0) is 20.5. The first kappa shape index (κ1) is 20.6. The number of hydrogen-bond acceptors (Lipinski definition) is 4. The fraction of sp³-hybridized carbons (Fsp3) is 0.300. The smallest absolute Gasteiger partial charge is 0.224 e. The first-order chi connectivity index (χ1) is 13.2. The summed E-state index contributed by atoms with van der Waals surface area (Å²) >= 11 is 0. The quantitative estimate of drug-likeness (QED) is 0.552. The van der Waals surface area contributed by atoms with Crippen LogP contribution in [0.15, 0.2) is 48.8 Å². The van der Waals surface area contributed by atoms with E-state index >= 15 is 0 Å². The molecule has 0 bridgehead atoms. The van der Waals surface area contributed by atoms with Crippen LogP contribution in [-0.4, -0.2) is 43.3 Å². The first-order valence-corrected chi connectivity index (χ1v) is 12.5. The van der Waals surface area contributed by atoms with E-state index in [2.05, 4.69) is 21.5 Å². The topological polar surface area (TPSA) is 72.3 Å². The van der Waals surface area contributed by atoms with E-state index in [1.54, 1.807) is 19.3 Å². The lowest BCUT2D eigenvalue weighted by molar-refractivity contribution is 0.526. The standard InChI is InChI=1S/C20H25N3O3S2/c1-5-27(4,24)23(28(25,26)6-2)15-16-11-18(14-21-13-16)20-12-17-9-7-8-10-19(17)22(20)3/h7-14H,4-6,15H2,1-3H3. The van der Waals surface area contributed by atoms with Crippen molar-refractivity contribution in [1.29, 1.82) is 0 Å². The van der Waals surface area contributed by atoms with Crippen LogP contribution in [0.1, 0.15) is 19.4 Å². The van der Waals surface area contributed by atoms with E-state index < -0.39 is 19.7 Å². The molecule has 1 unspecified atom stereocenters. The molecule has 0 aliphatic rings. The Kier molecular flexibility index (Phi) is 5.65. The van der Waals surface area contributed by atoms with Crippen LogP contribution >= 0.6 is 0 Å². The molecule has 150 valence electrons. The lowest BCUT2D eigenvalue weighted by atomic mass is 10.1. The number of hydrogen-bond donors (Lipinski definition) is 0. The summed E-state index contributed by atoms with van der Waals surface area (Å²) in [5.41, 5.74) is 3.62. The Morgan fingerprint density at radius 2 is 1.79 bits per heavy atom. The summed E-state index contributed by atoms with van der Waals surface area (Å²) in [4.78, 5) is 4.29. The summed E-state index contributed by atoms with van der Waals surface area (Å²) in [6, 6.07) is 12.0. The van der Waals surface area contributed by atoms with Crippen molar-refractivity contribution >= 4 is 36.5 Å². The molecule has 3 aromatic rings. The summed E-state index contributed by atoms with van der Waals surface area (Å²) in [6.07, 6.45) is 3.35. The highest BCUT2D eigenvalue weighted by molar-refractivity contribution is 8.08. The molecule has 28 heavy (non-hydrogen) atoms. The summed E-state index contributed by atoms with van der Waals surface area (Å²) in [5.74, 6) is 3.70. The number of pyridine rings is 1. The predicted molar refractivity (Wildman–Crippen MR) is 117 cm³/mol. The van der Waals surface area contributed by atoms with Crippen molar-refractivity contribution in [3.8, 4) is 11.3 Å². The Hall–Kier alpha value is -2.16. The average molecular weight is 420 g/mol. The third-order valence-electron chi connectivity index (χ3n) is 4.85. The molecule has 8 heteroatoms. The van der Waals surface area contributed by atoms with Gasteiger partial charge in [0.25, 0.3) is 0 Å². The van der Waals surface area contributed by atoms with E-state index in [0.29, 0.717) is 5.56 Å². The van der Waals surface area contributed by atoms with Gasteiger partial charge in [0.15, 0.2) is 0 Å². The van der Waals surface area contributed by atoms with Crippen LogP contribution < -0.4 is 0 Å². The van der Waals surface area contributed by atoms with Gasteiger partial charge >= 0.3 is 0 Å². The first-order valence-electron chi connectivity index (χ1n) is 9.04. The maximum atomic E-state index is 12.8. The van der Waals surface area contributed by atoms with Gasteiger partial charge in [0.1, 0.15) is 0 Å². The maximum Gasteiger partial charge on any atom is 0.224 e. The number of benzene rings is 1. The molecule has 0 N–H and O–H groups in total. The van der Waals surface area contributed by atoms with E-state index in [9.17, 15) is 12.6 Å². The number of para-hydroxylation sites is 1. The Morgan fingerprint density at radius 3 is 2.43 bits per heavy atom. The van der Waals surface area contributed by atoms with Crippen molar-refractivity contribution in [3.05, 3.63) is 54.4 Å². The zero-order valence-corrected chi connectivity index (χ0v) is 18.0. The Morgan fingerprint density at radius 1 is 1.07 bits per heavy atom. The Bertz CT molecular complexity index is 1180. The Labute approximate surface area is 167 Å². The van der Waals surface area contributed by atoms with Gasteiger partial charge in [-0.1, -0.05) is 25.1 Å². The Balaban J connectivity index is 2.04. The molecule has 0 amide bonds. The monoisotopic (exact) mass is 419 g/mol. The third-order valence-corrected chi connectivity index (χ3v) is 9.60. The third kappa shape index (κ3) is 3.85. The van der Waals surface area contributed by atoms with E-state index in [1.807, 2.05) is 37.4 Å². The second kappa shape index (κ2) is 7.69. The molecule has 0 aliphatic heterocycles. The number of sulfonamides is 1. The predicted octanol–water partition coefficient (Wildman–Crippen LogP) is 3.04. The molecule has 0 radical (unpaired) electrons. The van der Waals surface area contributed by atoms with E-state index in [-0.39, 0.29) is 18.1 Å². The van der Waals surface area contributed by atoms with Crippen LogP contribution in [0.5, 0.6) is 0 Å². The van der Waals surface area contributed by atoms with Gasteiger partial charge in [0, 0.05) is 51.4 Å². The molecule has 2 aromatic heterocycles. The lowest BCUT2D eigenvalue weighted by Gasteiger charge is -2.24. The van der Waals surface area contributed by atoms with Crippen LogP contribution in [0.2, 0.25) is 0 Å². The summed E-state index contributed by atoms with van der Waals surface area (Å²) in [7, 11) is -4.61. The highest BCUT2D eigenvalue weighted by atomic mass is 32.3. The minimum atomic E-state index is -3.67. The average Bonchev–Trinajstić information content (AvgIpc) is 3.03. The molecule has 3 rings (SSSR count). The number of fused-ring (bicyclic) bond motifs is 1. The molecule has 0 fully saturated rings. The SMILES string of the molecule is C=S(=O)(CC)N(Cc1cncc(-c2cc3ccccc3n2C)c1)S(=O)(=O)CC. The van der Waals surface area contributed by atoms with Crippen molar-refractivity contribution in [2.75, 3.05) is 11.5 Å². The summed E-state index contributed by atoms with van der Waals surface area (Å²) in [5, 5.41) is 1.12. The van der Waals surface area contributed by atoms with Gasteiger partial charge in [-0.3, -0.25) is 9.19 Å². The molecule has 6 nitrogen and oxygen atoms in total. The fourth-order valence-electron chi connectivity index (χ4n) is 3.14. The van der Waals surface area contributed by atoms with Crippen LogP contribution in [0.25, 0.3) is 22.2 Å². The second-order valence-corrected chi connectivity index (χ2v) is 11.6. The van der Waals surface area contributed by atoms with Gasteiger partial charge in [-0.25, -0.2) is 8.42 Å². The summed E-state index contributed by atoms with van der Waals surface area (Å²) < 4.78 is 40.9. The van der Waals surface area contributed by atoms with Gasteiger partial charge in [0.05, 0.1) is 18.0 Å². The molecule has 2 heterocycles. The maximum absolute atomic E-state index is 12.8. The lowest BCUT2D eigenvalue weighted by Crippen LogP contribution is -2.38. The van der Waals surface area contributed by atoms with E-state index in [0.717, 1.165) is 25.9 Å². The molecule has 0 saturated carbocycles. The number of aryl methyl sites for hydroxylation is 1. The van der Waals surface area contributed by atoms with Gasteiger partial charge in [-0.05, 0) is 36.6 Å². The minimum Gasteiger partial charge on any atom is -0.344 e. The van der Waals surface area contributed by atoms with E-state index in [1.165, 1.54) is 6.92 Å². The molecule has 0 saturated heterocycles. The van der Waals surface area contributed by atoms with Crippen LogP contribution in [-0.2, 0) is 33.3 Å². The van der Waals surface area contributed by atoms with Crippen LogP contribution in [0.4, 0.5) is 0 Å². The number of nitrogens with zero attached hydrogens (tertiary/aromatic N) is 3. The number of rotatable bonds is 7. The molecule has 1 atom stereocenters. The van der Waals surface area contributed by atoms with Crippen molar-refractivity contribution in [2.24, 2.45) is 7.05 Å². The molecular weight excluding hydrogens is 394 g/mol. The highest BCUT2D eigenvalue weighted by Gasteiger charge is 2.27. The van der Waals surface area contributed by atoms with Crippen LogP contribution in [0.3, 0.4) is 0 Å². The zero-order valence-electron chi connectivity index (χ0n) is 16.3. The minimum absolute atomic E-state index is 0.0167. The molecule has 1 aromatic carbocycles. The number of aromatic nitrogens is 2.